The van der Waals surface area contributed by atoms with Crippen LogP contribution in [0.5, 0.6) is 11.5 Å². The van der Waals surface area contributed by atoms with Gasteiger partial charge in [-0.3, -0.25) is 9.59 Å². The molecule has 0 aliphatic heterocycles. The lowest BCUT2D eigenvalue weighted by molar-refractivity contribution is 0.0982. The van der Waals surface area contributed by atoms with E-state index in [9.17, 15) is 27.2 Å². The first-order valence-electron chi connectivity index (χ1n) is 15.0. The van der Waals surface area contributed by atoms with Gasteiger partial charge in [0.2, 0.25) is 0 Å². The lowest BCUT2D eigenvalue weighted by atomic mass is 10.1. The number of amides is 2. The Morgan fingerprint density at radius 3 is 1.62 bits per heavy atom. The number of halogens is 7. The average molecular weight is 959 g/mol. The molecule has 2 heterocycles. The molecule has 0 radical (unpaired) electrons. The third-order valence-electron chi connectivity index (χ3n) is 7.15. The summed E-state index contributed by atoms with van der Waals surface area (Å²) in [5, 5.41) is 11.2. The highest BCUT2D eigenvalue weighted by Crippen LogP contribution is 2.36. The Labute approximate surface area is 334 Å². The van der Waals surface area contributed by atoms with Crippen LogP contribution in [0.4, 0.5) is 17.6 Å². The second-order valence-corrected chi connectivity index (χ2v) is 16.1. The van der Waals surface area contributed by atoms with Gasteiger partial charge in [0.25, 0.3) is 11.8 Å². The zero-order valence-corrected chi connectivity index (χ0v) is 33.9. The van der Waals surface area contributed by atoms with Gasteiger partial charge in [-0.05, 0) is 81.1 Å². The molecule has 0 saturated heterocycles. The summed E-state index contributed by atoms with van der Waals surface area (Å²) < 4.78 is 60.4. The maximum Gasteiger partial charge on any atom is 0.254 e. The molecule has 0 saturated carbocycles. The molecule has 276 valence electrons. The minimum atomic E-state index is -1.33. The highest BCUT2D eigenvalue weighted by Gasteiger charge is 2.21. The third-order valence-corrected chi connectivity index (χ3v) is 11.4. The summed E-state index contributed by atoms with van der Waals surface area (Å²) >= 11 is 13.5. The van der Waals surface area contributed by atoms with Crippen LogP contribution in [0.2, 0.25) is 0 Å². The van der Waals surface area contributed by atoms with Gasteiger partial charge in [-0.25, -0.2) is 27.5 Å². The maximum absolute atomic E-state index is 14.2. The van der Waals surface area contributed by atoms with Gasteiger partial charge in [0.15, 0.2) is 23.1 Å². The molecular formula is C36H27Br3F4N4O4S2. The fourth-order valence-corrected chi connectivity index (χ4v) is 8.15. The van der Waals surface area contributed by atoms with Gasteiger partial charge < -0.3 is 21.3 Å². The molecule has 0 aliphatic carbocycles. The van der Waals surface area contributed by atoms with Crippen LogP contribution in [0.25, 0.3) is 22.5 Å². The first kappa shape index (κ1) is 41.6. The van der Waals surface area contributed by atoms with E-state index in [1.54, 1.807) is 11.3 Å². The molecule has 17 heteroatoms. The zero-order valence-electron chi connectivity index (χ0n) is 27.5. The van der Waals surface area contributed by atoms with Crippen LogP contribution < -0.4 is 16.2 Å². The Balaban J connectivity index is 0.000000196. The Morgan fingerprint density at radius 1 is 0.717 bits per heavy atom. The number of benzene rings is 4. The molecule has 6 aromatic rings. The standard InChI is InChI=1S/C18H13BrF2N2O2S.C11H9Br2NS.C7H5F2NO2/c1-9-4-2-3-5-10(9)16-17(19)26-13(23-16)8-25-12-7-6-11(20)14(15(12)21)18(22)24;1-7-4-2-3-5-8(7)10-11(13)15-9(6-12)14-10;8-3-1-2-4(11)6(9)5(3)7(10)12/h2-7H,8H2,1H3,(H2,22,24);2-5H,6H2,1H3;1-2,11H,(H2,10,12). The molecule has 0 atom stereocenters. The fourth-order valence-electron chi connectivity index (χ4n) is 4.59. The van der Waals surface area contributed by atoms with E-state index in [0.717, 1.165) is 64.7 Å². The number of aromatic nitrogens is 2. The SMILES string of the molecule is Cc1ccccc1-c1nc(CBr)sc1Br.Cc1ccccc1-c1nc(COc2ccc(F)c(C(N)=O)c2F)sc1Br.NC(=O)c1c(F)ccc(O)c1F. The monoisotopic (exact) mass is 956 g/mol. The number of alkyl halides is 1. The summed E-state index contributed by atoms with van der Waals surface area (Å²) in [7, 11) is 0. The summed E-state index contributed by atoms with van der Waals surface area (Å²) in [5.74, 6) is -8.06. The number of carbonyl (C=O) groups excluding carboxylic acids is 2. The van der Waals surface area contributed by atoms with Crippen LogP contribution in [0.1, 0.15) is 41.9 Å². The number of rotatable bonds is 8. The number of ether oxygens (including phenoxy) is 1. The first-order chi connectivity index (χ1) is 25.1. The van der Waals surface area contributed by atoms with E-state index in [1.807, 2.05) is 43.3 Å². The zero-order chi connectivity index (χ0) is 39.0. The molecule has 53 heavy (non-hydrogen) atoms. The van der Waals surface area contributed by atoms with Crippen LogP contribution in [0, 0.1) is 37.1 Å². The van der Waals surface area contributed by atoms with E-state index < -0.39 is 52.0 Å². The van der Waals surface area contributed by atoms with E-state index in [0.29, 0.717) is 5.01 Å². The summed E-state index contributed by atoms with van der Waals surface area (Å²) in [6, 6.07) is 19.7. The maximum atomic E-state index is 14.2. The van der Waals surface area contributed by atoms with E-state index >= 15 is 0 Å². The lowest BCUT2D eigenvalue weighted by Crippen LogP contribution is -2.16. The van der Waals surface area contributed by atoms with Crippen molar-refractivity contribution in [2.45, 2.75) is 25.8 Å². The number of phenols is 1. The van der Waals surface area contributed by atoms with Crippen molar-refractivity contribution in [1.82, 2.24) is 9.97 Å². The summed E-state index contributed by atoms with van der Waals surface area (Å²) in [4.78, 5) is 30.7. The molecular weight excluding hydrogens is 932 g/mol. The number of hydrogen-bond acceptors (Lipinski definition) is 8. The third kappa shape index (κ3) is 10.3. The number of phenolic OH excluding ortho intramolecular Hbond substituents is 1. The van der Waals surface area contributed by atoms with Crippen molar-refractivity contribution < 1.29 is 37.0 Å². The van der Waals surface area contributed by atoms with Crippen molar-refractivity contribution in [2.24, 2.45) is 11.5 Å². The quantitative estimate of drug-likeness (QED) is 0.102. The average Bonchev–Trinajstić information content (AvgIpc) is 3.68. The number of nitrogens with zero attached hydrogens (tertiary/aromatic N) is 2. The van der Waals surface area contributed by atoms with Gasteiger partial charge in [-0.1, -0.05) is 64.5 Å². The molecule has 6 rings (SSSR count). The molecule has 0 unspecified atom stereocenters. The van der Waals surface area contributed by atoms with E-state index in [4.69, 9.17) is 15.6 Å². The predicted octanol–water partition coefficient (Wildman–Crippen LogP) is 10.4. The van der Waals surface area contributed by atoms with Crippen LogP contribution >= 0.6 is 70.5 Å². The predicted molar refractivity (Wildman–Crippen MR) is 208 cm³/mol. The molecule has 0 fully saturated rings. The lowest BCUT2D eigenvalue weighted by Gasteiger charge is -2.08. The molecule has 2 aromatic heterocycles. The van der Waals surface area contributed by atoms with E-state index in [2.05, 4.69) is 82.5 Å². The van der Waals surface area contributed by atoms with E-state index in [1.165, 1.54) is 22.5 Å². The highest BCUT2D eigenvalue weighted by molar-refractivity contribution is 9.11. The van der Waals surface area contributed by atoms with E-state index in [-0.39, 0.29) is 12.4 Å². The van der Waals surface area contributed by atoms with Gasteiger partial charge in [-0.2, -0.15) is 0 Å². The van der Waals surface area contributed by atoms with Crippen molar-refractivity contribution in [3.8, 4) is 34.0 Å². The number of hydrogen-bond donors (Lipinski definition) is 3. The van der Waals surface area contributed by atoms with Crippen LogP contribution in [0.15, 0.2) is 80.4 Å². The van der Waals surface area contributed by atoms with Gasteiger partial charge in [-0.15, -0.1) is 22.7 Å². The molecule has 0 spiro atoms. The normalized spacial score (nSPS) is 10.5. The topological polar surface area (TPSA) is 141 Å². The van der Waals surface area contributed by atoms with Crippen molar-refractivity contribution >= 4 is 82.3 Å². The van der Waals surface area contributed by atoms with Gasteiger partial charge in [0, 0.05) is 11.1 Å². The van der Waals surface area contributed by atoms with Gasteiger partial charge >= 0.3 is 0 Å². The second-order valence-electron chi connectivity index (χ2n) is 10.7. The second kappa shape index (κ2) is 18.7. The summed E-state index contributed by atoms with van der Waals surface area (Å²) in [6.07, 6.45) is 0. The Kier molecular flexibility index (Phi) is 14.7. The Morgan fingerprint density at radius 2 is 1.17 bits per heavy atom. The molecule has 8 nitrogen and oxygen atoms in total. The molecule has 5 N–H and O–H groups in total. The molecule has 0 aliphatic rings. The Bertz CT molecular complexity index is 2290. The highest BCUT2D eigenvalue weighted by atomic mass is 79.9. The number of thiazole rings is 2. The summed E-state index contributed by atoms with van der Waals surface area (Å²) in [5.41, 5.74) is 14.2. The van der Waals surface area contributed by atoms with Crippen LogP contribution in [-0.4, -0.2) is 26.9 Å². The van der Waals surface area contributed by atoms with Crippen LogP contribution in [0.3, 0.4) is 0 Å². The van der Waals surface area contributed by atoms with Crippen molar-refractivity contribution in [3.05, 3.63) is 136 Å². The Hall–Kier alpha value is -4.16. The smallest absolute Gasteiger partial charge is 0.254 e. The number of primary amides is 2. The number of aryl methyl sites for hydroxylation is 2. The van der Waals surface area contributed by atoms with Crippen molar-refractivity contribution in [3.63, 3.8) is 0 Å². The molecule has 4 aromatic carbocycles. The number of aromatic hydroxyl groups is 1. The first-order valence-corrected chi connectivity index (χ1v) is 19.3. The number of nitrogens with two attached hydrogens (primary N) is 2. The molecule has 2 amide bonds. The van der Waals surface area contributed by atoms with Crippen molar-refractivity contribution in [2.75, 3.05) is 0 Å². The fraction of sp³-hybridized carbons (Fsp3) is 0.111. The molecule has 0 bridgehead atoms. The van der Waals surface area contributed by atoms with Gasteiger partial charge in [0.1, 0.15) is 39.4 Å². The minimum absolute atomic E-state index is 0.0318. The largest absolute Gasteiger partial charge is 0.505 e. The number of carbonyl (C=O) groups is 2. The van der Waals surface area contributed by atoms with Crippen molar-refractivity contribution in [1.29, 1.82) is 0 Å². The minimum Gasteiger partial charge on any atom is -0.505 e. The summed E-state index contributed by atoms with van der Waals surface area (Å²) in [6.45, 7) is 4.06. The van der Waals surface area contributed by atoms with Crippen LogP contribution in [-0.2, 0) is 11.9 Å². The van der Waals surface area contributed by atoms with Gasteiger partial charge in [0.05, 0.1) is 24.3 Å².